The number of aromatic nitrogens is 2. The van der Waals surface area contributed by atoms with Crippen LogP contribution in [0.2, 0.25) is 0 Å². The van der Waals surface area contributed by atoms with Crippen LogP contribution in [-0.2, 0) is 0 Å². The molecule has 2 N–H and O–H groups in total. The van der Waals surface area contributed by atoms with Crippen LogP contribution in [0.5, 0.6) is 5.75 Å². The van der Waals surface area contributed by atoms with Crippen molar-refractivity contribution >= 4 is 12.1 Å². The first-order valence-electron chi connectivity index (χ1n) is 8.04. The van der Waals surface area contributed by atoms with Crippen molar-refractivity contribution in [2.45, 2.75) is 6.92 Å². The van der Waals surface area contributed by atoms with Gasteiger partial charge in [-0.25, -0.2) is 9.82 Å². The highest BCUT2D eigenvalue weighted by molar-refractivity contribution is 5.94. The summed E-state index contributed by atoms with van der Waals surface area (Å²) in [6, 6.07) is 15.2. The summed E-state index contributed by atoms with van der Waals surface area (Å²) in [6.45, 7) is 2.51. The minimum absolute atomic E-state index is 0.250. The van der Waals surface area contributed by atoms with E-state index in [9.17, 15) is 9.18 Å². The van der Waals surface area contributed by atoms with Gasteiger partial charge in [0, 0.05) is 11.1 Å². The van der Waals surface area contributed by atoms with E-state index in [0.29, 0.717) is 12.3 Å². The first-order chi connectivity index (χ1) is 12.7. The lowest BCUT2D eigenvalue weighted by Crippen LogP contribution is -2.18. The quantitative estimate of drug-likeness (QED) is 0.527. The Labute approximate surface area is 149 Å². The molecule has 26 heavy (non-hydrogen) atoms. The van der Waals surface area contributed by atoms with E-state index in [1.807, 2.05) is 31.2 Å². The van der Waals surface area contributed by atoms with E-state index < -0.39 is 11.7 Å². The Morgan fingerprint density at radius 3 is 2.77 bits per heavy atom. The molecule has 132 valence electrons. The number of ether oxygens (including phenoxy) is 1. The topological polar surface area (TPSA) is 79.4 Å². The second-order valence-electron chi connectivity index (χ2n) is 5.34. The number of rotatable bonds is 6. The van der Waals surface area contributed by atoms with Crippen LogP contribution >= 0.6 is 0 Å². The number of nitrogens with one attached hydrogen (secondary N) is 2. The summed E-state index contributed by atoms with van der Waals surface area (Å²) in [4.78, 5) is 12.1. The summed E-state index contributed by atoms with van der Waals surface area (Å²) < 4.78 is 18.9. The van der Waals surface area contributed by atoms with Crippen molar-refractivity contribution in [2.24, 2.45) is 5.10 Å². The van der Waals surface area contributed by atoms with Crippen LogP contribution in [0.3, 0.4) is 0 Å². The molecule has 1 aromatic heterocycles. The number of H-pyrrole nitrogens is 1. The van der Waals surface area contributed by atoms with Crippen LogP contribution in [0.15, 0.2) is 59.7 Å². The number of nitrogens with zero attached hydrogens (tertiary/aromatic N) is 2. The zero-order chi connectivity index (χ0) is 18.4. The van der Waals surface area contributed by atoms with E-state index >= 15 is 0 Å². The van der Waals surface area contributed by atoms with Crippen LogP contribution in [0.4, 0.5) is 4.39 Å². The summed E-state index contributed by atoms with van der Waals surface area (Å²) >= 11 is 0. The van der Waals surface area contributed by atoms with E-state index in [4.69, 9.17) is 4.74 Å². The van der Waals surface area contributed by atoms with Crippen LogP contribution in [0.25, 0.3) is 11.3 Å². The van der Waals surface area contributed by atoms with Gasteiger partial charge in [-0.1, -0.05) is 18.2 Å². The number of carbonyl (C=O) groups excluding carboxylic acids is 1. The van der Waals surface area contributed by atoms with Gasteiger partial charge >= 0.3 is 0 Å². The zero-order valence-electron chi connectivity index (χ0n) is 14.1. The summed E-state index contributed by atoms with van der Waals surface area (Å²) in [5, 5.41) is 10.6. The number of carbonyl (C=O) groups is 1. The molecule has 0 aliphatic rings. The minimum Gasteiger partial charge on any atom is -0.494 e. The summed E-state index contributed by atoms with van der Waals surface area (Å²) in [5.74, 6) is -0.112. The highest BCUT2D eigenvalue weighted by Gasteiger charge is 2.10. The van der Waals surface area contributed by atoms with Gasteiger partial charge in [0.2, 0.25) is 0 Å². The Kier molecular flexibility index (Phi) is 5.38. The van der Waals surface area contributed by atoms with Gasteiger partial charge in [-0.05, 0) is 43.3 Å². The Balaban J connectivity index is 1.65. The Morgan fingerprint density at radius 2 is 2.04 bits per heavy atom. The molecule has 0 bridgehead atoms. The van der Waals surface area contributed by atoms with Crippen molar-refractivity contribution in [3.8, 4) is 17.0 Å². The van der Waals surface area contributed by atoms with E-state index in [-0.39, 0.29) is 11.3 Å². The van der Waals surface area contributed by atoms with Crippen LogP contribution in [-0.4, -0.2) is 28.9 Å². The number of amides is 1. The van der Waals surface area contributed by atoms with Crippen molar-refractivity contribution in [3.63, 3.8) is 0 Å². The first kappa shape index (κ1) is 17.3. The monoisotopic (exact) mass is 352 g/mol. The number of benzene rings is 2. The zero-order valence-corrected chi connectivity index (χ0v) is 14.1. The van der Waals surface area contributed by atoms with Gasteiger partial charge in [0.1, 0.15) is 17.3 Å². The molecule has 0 atom stereocenters. The molecule has 0 saturated carbocycles. The molecule has 3 rings (SSSR count). The molecule has 0 saturated heterocycles. The third-order valence-corrected chi connectivity index (χ3v) is 3.56. The number of aromatic amines is 1. The van der Waals surface area contributed by atoms with E-state index in [1.165, 1.54) is 12.3 Å². The number of hydrazone groups is 1. The highest BCUT2D eigenvalue weighted by Crippen LogP contribution is 2.21. The van der Waals surface area contributed by atoms with Crippen LogP contribution in [0, 0.1) is 5.82 Å². The molecule has 6 nitrogen and oxygen atoms in total. The van der Waals surface area contributed by atoms with E-state index in [0.717, 1.165) is 11.3 Å². The Morgan fingerprint density at radius 1 is 1.27 bits per heavy atom. The van der Waals surface area contributed by atoms with Gasteiger partial charge in [-0.2, -0.15) is 10.2 Å². The predicted molar refractivity (Wildman–Crippen MR) is 96.7 cm³/mol. The molecule has 1 amide bonds. The van der Waals surface area contributed by atoms with Gasteiger partial charge in [0.25, 0.3) is 5.91 Å². The first-order valence-corrected chi connectivity index (χ1v) is 8.04. The molecule has 0 aliphatic carbocycles. The average molecular weight is 352 g/mol. The molecule has 0 unspecified atom stereocenters. The fourth-order valence-electron chi connectivity index (χ4n) is 2.27. The Hall–Kier alpha value is -3.48. The SMILES string of the molecule is CCOc1ccc(-c2cc(C(=O)N/N=C\c3ccccc3F)[nH]n2)cc1. The van der Waals surface area contributed by atoms with Gasteiger partial charge in [-0.3, -0.25) is 9.89 Å². The molecule has 0 fully saturated rings. The van der Waals surface area contributed by atoms with Gasteiger partial charge < -0.3 is 4.74 Å². The molecule has 3 aromatic rings. The largest absolute Gasteiger partial charge is 0.494 e. The fraction of sp³-hybridized carbons (Fsp3) is 0.105. The fourth-order valence-corrected chi connectivity index (χ4v) is 2.27. The lowest BCUT2D eigenvalue weighted by Gasteiger charge is -2.02. The second-order valence-corrected chi connectivity index (χ2v) is 5.34. The maximum absolute atomic E-state index is 13.5. The summed E-state index contributed by atoms with van der Waals surface area (Å²) in [6.07, 6.45) is 1.25. The minimum atomic E-state index is -0.470. The number of halogens is 1. The molecule has 0 radical (unpaired) electrons. The van der Waals surface area contributed by atoms with E-state index in [1.54, 1.807) is 24.3 Å². The maximum Gasteiger partial charge on any atom is 0.289 e. The second kappa shape index (κ2) is 8.06. The van der Waals surface area contributed by atoms with Gasteiger partial charge in [0.05, 0.1) is 18.5 Å². The molecular weight excluding hydrogens is 335 g/mol. The van der Waals surface area contributed by atoms with Crippen molar-refractivity contribution in [1.29, 1.82) is 0 Å². The van der Waals surface area contributed by atoms with Crippen molar-refractivity contribution in [1.82, 2.24) is 15.6 Å². The average Bonchev–Trinajstić information content (AvgIpc) is 3.14. The molecule has 2 aromatic carbocycles. The molecule has 0 aliphatic heterocycles. The van der Waals surface area contributed by atoms with Crippen LogP contribution < -0.4 is 10.2 Å². The van der Waals surface area contributed by atoms with Crippen molar-refractivity contribution in [2.75, 3.05) is 6.61 Å². The summed E-state index contributed by atoms with van der Waals surface area (Å²) in [7, 11) is 0. The van der Waals surface area contributed by atoms with Crippen LogP contribution in [0.1, 0.15) is 23.0 Å². The summed E-state index contributed by atoms with van der Waals surface area (Å²) in [5.41, 5.74) is 4.34. The van der Waals surface area contributed by atoms with Crippen molar-refractivity contribution < 1.29 is 13.9 Å². The van der Waals surface area contributed by atoms with Gasteiger partial charge in [-0.15, -0.1) is 0 Å². The predicted octanol–water partition coefficient (Wildman–Crippen LogP) is 3.38. The normalized spacial score (nSPS) is 10.8. The maximum atomic E-state index is 13.5. The highest BCUT2D eigenvalue weighted by atomic mass is 19.1. The molecule has 7 heteroatoms. The lowest BCUT2D eigenvalue weighted by atomic mass is 10.1. The third kappa shape index (κ3) is 4.13. The van der Waals surface area contributed by atoms with Gasteiger partial charge in [0.15, 0.2) is 0 Å². The number of hydrogen-bond donors (Lipinski definition) is 2. The molecular formula is C19H17FN4O2. The van der Waals surface area contributed by atoms with E-state index in [2.05, 4.69) is 20.7 Å². The third-order valence-electron chi connectivity index (χ3n) is 3.56. The standard InChI is InChI=1S/C19H17FN4O2/c1-2-26-15-9-7-13(8-10-15)17-11-18(23-22-17)19(25)24-21-12-14-5-3-4-6-16(14)20/h3-12H,2H2,1H3,(H,22,23)(H,24,25)/b21-12-. The Bertz CT molecular complexity index is 919. The number of hydrogen-bond acceptors (Lipinski definition) is 4. The van der Waals surface area contributed by atoms with Crippen molar-refractivity contribution in [3.05, 3.63) is 71.7 Å². The molecule has 0 spiro atoms. The smallest absolute Gasteiger partial charge is 0.289 e. The lowest BCUT2D eigenvalue weighted by molar-refractivity contribution is 0.0950. The molecule has 1 heterocycles.